The van der Waals surface area contributed by atoms with Crippen molar-refractivity contribution in [3.05, 3.63) is 28.8 Å². The SMILES string of the molecule is O=C(COC(=O)C12CC3CC(CC(C3)C1)C2)Nc1ccc(Cl)c(C(F)(F)F)c1. The molecule has 152 valence electrons. The Morgan fingerprint density at radius 2 is 1.68 bits per heavy atom. The van der Waals surface area contributed by atoms with Crippen molar-refractivity contribution in [1.29, 1.82) is 0 Å². The van der Waals surface area contributed by atoms with Crippen LogP contribution in [0.15, 0.2) is 18.2 Å². The first-order valence-electron chi connectivity index (χ1n) is 9.48. The molecule has 1 amide bonds. The number of carbonyl (C=O) groups excluding carboxylic acids is 2. The fourth-order valence-electron chi connectivity index (χ4n) is 5.66. The molecule has 4 aliphatic carbocycles. The first kappa shape index (κ1) is 19.6. The molecule has 8 heteroatoms. The van der Waals surface area contributed by atoms with Crippen molar-refractivity contribution in [2.75, 3.05) is 11.9 Å². The van der Waals surface area contributed by atoms with E-state index in [2.05, 4.69) is 5.32 Å². The van der Waals surface area contributed by atoms with Crippen molar-refractivity contribution in [1.82, 2.24) is 0 Å². The summed E-state index contributed by atoms with van der Waals surface area (Å²) in [7, 11) is 0. The quantitative estimate of drug-likeness (QED) is 0.699. The van der Waals surface area contributed by atoms with Crippen molar-refractivity contribution >= 4 is 29.2 Å². The van der Waals surface area contributed by atoms with Crippen molar-refractivity contribution < 1.29 is 27.5 Å². The van der Waals surface area contributed by atoms with Gasteiger partial charge in [-0.1, -0.05) is 11.6 Å². The van der Waals surface area contributed by atoms with E-state index in [1.807, 2.05) is 0 Å². The number of benzene rings is 1. The summed E-state index contributed by atoms with van der Waals surface area (Å²) in [5.74, 6) is 0.704. The van der Waals surface area contributed by atoms with Crippen LogP contribution in [0.25, 0.3) is 0 Å². The maximum absolute atomic E-state index is 12.9. The topological polar surface area (TPSA) is 55.4 Å². The Bertz CT molecular complexity index is 773. The molecule has 0 heterocycles. The van der Waals surface area contributed by atoms with Crippen molar-refractivity contribution in [2.45, 2.75) is 44.7 Å². The predicted molar refractivity (Wildman–Crippen MR) is 96.6 cm³/mol. The van der Waals surface area contributed by atoms with Crippen LogP contribution < -0.4 is 5.32 Å². The van der Waals surface area contributed by atoms with Gasteiger partial charge in [0, 0.05) is 5.69 Å². The Hall–Kier alpha value is -1.76. The van der Waals surface area contributed by atoms with E-state index in [9.17, 15) is 22.8 Å². The third-order valence-corrected chi connectivity index (χ3v) is 6.69. The minimum Gasteiger partial charge on any atom is -0.455 e. The summed E-state index contributed by atoms with van der Waals surface area (Å²) in [5, 5.41) is 1.89. The van der Waals surface area contributed by atoms with Crippen molar-refractivity contribution in [3.8, 4) is 0 Å². The van der Waals surface area contributed by atoms with Gasteiger partial charge in [0.2, 0.25) is 0 Å². The Morgan fingerprint density at radius 1 is 1.11 bits per heavy atom. The number of rotatable bonds is 4. The Labute approximate surface area is 165 Å². The van der Waals surface area contributed by atoms with E-state index in [-0.39, 0.29) is 11.7 Å². The largest absolute Gasteiger partial charge is 0.455 e. The van der Waals surface area contributed by atoms with Crippen LogP contribution in [0.4, 0.5) is 18.9 Å². The molecule has 1 aromatic rings. The van der Waals surface area contributed by atoms with E-state index < -0.39 is 34.7 Å². The normalized spacial score (nSPS) is 30.9. The van der Waals surface area contributed by atoms with Crippen LogP contribution >= 0.6 is 11.6 Å². The molecule has 4 bridgehead atoms. The van der Waals surface area contributed by atoms with Crippen LogP contribution in [0.2, 0.25) is 5.02 Å². The summed E-state index contributed by atoms with van der Waals surface area (Å²) in [4.78, 5) is 24.8. The average Bonchev–Trinajstić information content (AvgIpc) is 2.59. The first-order chi connectivity index (χ1) is 13.1. The molecule has 1 N–H and O–H groups in total. The Morgan fingerprint density at radius 3 is 2.21 bits per heavy atom. The van der Waals surface area contributed by atoms with Crippen LogP contribution in [-0.4, -0.2) is 18.5 Å². The lowest BCUT2D eigenvalue weighted by Crippen LogP contribution is -2.50. The molecule has 4 fully saturated rings. The molecule has 1 aromatic carbocycles. The molecule has 0 unspecified atom stereocenters. The lowest BCUT2D eigenvalue weighted by atomic mass is 9.49. The zero-order chi connectivity index (χ0) is 20.1. The standard InChI is InChI=1S/C20H21ClF3NO3/c21-16-2-1-14(6-15(16)20(22,23)24)25-17(26)10-28-18(27)19-7-11-3-12(8-19)5-13(4-11)9-19/h1-2,6,11-13H,3-5,7-10H2,(H,25,26). The highest BCUT2D eigenvalue weighted by Crippen LogP contribution is 2.60. The molecular weight excluding hydrogens is 395 g/mol. The lowest BCUT2D eigenvalue weighted by molar-refractivity contribution is -0.172. The second-order valence-corrected chi connectivity index (χ2v) is 8.92. The first-order valence-corrected chi connectivity index (χ1v) is 9.86. The fraction of sp³-hybridized carbons (Fsp3) is 0.600. The average molecular weight is 416 g/mol. The highest BCUT2D eigenvalue weighted by atomic mass is 35.5. The Kier molecular flexibility index (Phi) is 4.84. The predicted octanol–water partition coefficient (Wildman–Crippen LogP) is 5.06. The fourth-order valence-corrected chi connectivity index (χ4v) is 5.89. The van der Waals surface area contributed by atoms with Crippen LogP contribution in [0, 0.1) is 23.2 Å². The van der Waals surface area contributed by atoms with E-state index >= 15 is 0 Å². The number of esters is 1. The second kappa shape index (κ2) is 6.94. The number of carbonyl (C=O) groups is 2. The number of alkyl halides is 3. The smallest absolute Gasteiger partial charge is 0.417 e. The van der Waals surface area contributed by atoms with Crippen LogP contribution in [0.1, 0.15) is 44.1 Å². The van der Waals surface area contributed by atoms with Gasteiger partial charge in [-0.05, 0) is 74.5 Å². The van der Waals surface area contributed by atoms with E-state index in [0.29, 0.717) is 17.8 Å². The highest BCUT2D eigenvalue weighted by Gasteiger charge is 2.55. The monoisotopic (exact) mass is 415 g/mol. The van der Waals surface area contributed by atoms with Gasteiger partial charge in [0.1, 0.15) is 0 Å². The molecule has 0 saturated heterocycles. The van der Waals surface area contributed by atoms with Gasteiger partial charge in [0.25, 0.3) is 5.91 Å². The zero-order valence-electron chi connectivity index (χ0n) is 15.2. The van der Waals surface area contributed by atoms with Crippen molar-refractivity contribution in [3.63, 3.8) is 0 Å². The van der Waals surface area contributed by atoms with Gasteiger partial charge in [-0.15, -0.1) is 0 Å². The van der Waals surface area contributed by atoms with Gasteiger partial charge < -0.3 is 10.1 Å². The summed E-state index contributed by atoms with van der Waals surface area (Å²) < 4.78 is 44.0. The van der Waals surface area contributed by atoms with E-state index in [1.54, 1.807) is 0 Å². The van der Waals surface area contributed by atoms with Gasteiger partial charge >= 0.3 is 12.1 Å². The van der Waals surface area contributed by atoms with Crippen molar-refractivity contribution in [2.24, 2.45) is 23.2 Å². The summed E-state index contributed by atoms with van der Waals surface area (Å²) in [6, 6.07) is 3.11. The number of hydrogen-bond donors (Lipinski definition) is 1. The number of amides is 1. The van der Waals surface area contributed by atoms with Crippen LogP contribution in [-0.2, 0) is 20.5 Å². The van der Waals surface area contributed by atoms with Crippen LogP contribution in [0.5, 0.6) is 0 Å². The number of hydrogen-bond acceptors (Lipinski definition) is 3. The molecule has 0 radical (unpaired) electrons. The third-order valence-electron chi connectivity index (χ3n) is 6.36. The van der Waals surface area contributed by atoms with Gasteiger partial charge in [-0.25, -0.2) is 0 Å². The lowest BCUT2D eigenvalue weighted by Gasteiger charge is -2.55. The van der Waals surface area contributed by atoms with Gasteiger partial charge in [0.05, 0.1) is 16.0 Å². The van der Waals surface area contributed by atoms with E-state index in [0.717, 1.165) is 31.4 Å². The molecule has 0 aliphatic heterocycles. The zero-order valence-corrected chi connectivity index (χ0v) is 15.9. The minimum atomic E-state index is -4.62. The van der Waals surface area contributed by atoms with Gasteiger partial charge in [0.15, 0.2) is 6.61 Å². The summed E-state index contributed by atoms with van der Waals surface area (Å²) in [6.07, 6.45) is 1.41. The van der Waals surface area contributed by atoms with Gasteiger partial charge in [-0.3, -0.25) is 9.59 Å². The summed E-state index contributed by atoms with van der Waals surface area (Å²) in [5.41, 5.74) is -1.55. The van der Waals surface area contributed by atoms with E-state index in [1.165, 1.54) is 25.3 Å². The number of halogens is 4. The maximum atomic E-state index is 12.9. The number of anilines is 1. The maximum Gasteiger partial charge on any atom is 0.417 e. The Balaban J connectivity index is 1.36. The summed E-state index contributed by atoms with van der Waals surface area (Å²) in [6.45, 7) is -0.509. The molecule has 0 spiro atoms. The highest BCUT2D eigenvalue weighted by molar-refractivity contribution is 6.31. The van der Waals surface area contributed by atoms with Crippen LogP contribution in [0.3, 0.4) is 0 Å². The molecule has 0 aromatic heterocycles. The second-order valence-electron chi connectivity index (χ2n) is 8.51. The number of ether oxygens (including phenoxy) is 1. The molecule has 28 heavy (non-hydrogen) atoms. The third kappa shape index (κ3) is 3.73. The van der Waals surface area contributed by atoms with Gasteiger partial charge in [-0.2, -0.15) is 13.2 Å². The summed E-state index contributed by atoms with van der Waals surface area (Å²) >= 11 is 5.57. The van der Waals surface area contributed by atoms with E-state index in [4.69, 9.17) is 16.3 Å². The molecule has 4 nitrogen and oxygen atoms in total. The number of nitrogens with one attached hydrogen (secondary N) is 1. The minimum absolute atomic E-state index is 0.0485. The molecule has 4 aliphatic rings. The molecule has 0 atom stereocenters. The molecular formula is C20H21ClF3NO3. The molecule has 5 rings (SSSR count). The molecule has 4 saturated carbocycles.